The molecule has 8 heteroatoms. The molecule has 0 atom stereocenters. The Morgan fingerprint density at radius 1 is 1.22 bits per heavy atom. The lowest BCUT2D eigenvalue weighted by molar-refractivity contribution is -0.126. The highest BCUT2D eigenvalue weighted by molar-refractivity contribution is 9.10. The topological polar surface area (TPSA) is 79.8 Å². The van der Waals surface area contributed by atoms with Gasteiger partial charge in [-0.25, -0.2) is 5.43 Å². The Kier molecular flexibility index (Phi) is 7.82. The first-order valence-electron chi connectivity index (χ1n) is 8.17. The van der Waals surface area contributed by atoms with Gasteiger partial charge in [0.25, 0.3) is 0 Å². The second kappa shape index (κ2) is 10.1. The van der Waals surface area contributed by atoms with Crippen LogP contribution in [0.15, 0.2) is 52.0 Å². The zero-order valence-corrected chi connectivity index (χ0v) is 17.2. The fraction of sp³-hybridized carbons (Fsp3) is 0.211. The predicted octanol–water partition coefficient (Wildman–Crippen LogP) is 4.37. The average molecular weight is 453 g/mol. The van der Waals surface area contributed by atoms with Gasteiger partial charge in [0.15, 0.2) is 0 Å². The highest BCUT2D eigenvalue weighted by atomic mass is 79.9. The van der Waals surface area contributed by atoms with Crippen molar-refractivity contribution in [3.05, 3.63) is 57.5 Å². The molecular weight excluding hydrogens is 434 g/mol. The molecular formula is C19H19BrClN3O3. The molecule has 0 spiro atoms. The summed E-state index contributed by atoms with van der Waals surface area (Å²) in [5.41, 5.74) is 3.47. The van der Waals surface area contributed by atoms with Crippen molar-refractivity contribution in [1.82, 2.24) is 5.43 Å². The number of ether oxygens (including phenoxy) is 1. The minimum absolute atomic E-state index is 0.00132. The van der Waals surface area contributed by atoms with Gasteiger partial charge in [0.1, 0.15) is 12.2 Å². The number of hydrogen-bond donors (Lipinski definition) is 2. The number of amides is 2. The van der Waals surface area contributed by atoms with Crippen LogP contribution in [0.4, 0.5) is 5.69 Å². The van der Waals surface area contributed by atoms with Gasteiger partial charge >= 0.3 is 0 Å². The molecule has 27 heavy (non-hydrogen) atoms. The van der Waals surface area contributed by atoms with Crippen LogP contribution in [0.1, 0.15) is 25.8 Å². The molecule has 0 radical (unpaired) electrons. The summed E-state index contributed by atoms with van der Waals surface area (Å²) in [6.07, 6.45) is 1.09. The fourth-order valence-corrected chi connectivity index (χ4v) is 2.66. The van der Waals surface area contributed by atoms with Crippen molar-refractivity contribution in [2.75, 3.05) is 5.32 Å². The molecule has 2 aromatic rings. The number of hydrazone groups is 1. The number of carbonyl (C=O) groups excluding carboxylic acids is 2. The van der Waals surface area contributed by atoms with E-state index in [2.05, 4.69) is 31.8 Å². The largest absolute Gasteiger partial charge is 0.490 e. The van der Waals surface area contributed by atoms with Crippen molar-refractivity contribution in [2.24, 2.45) is 5.10 Å². The van der Waals surface area contributed by atoms with Gasteiger partial charge in [0, 0.05) is 10.0 Å². The maximum atomic E-state index is 11.9. The number of nitrogens with one attached hydrogen (secondary N) is 2. The van der Waals surface area contributed by atoms with Gasteiger partial charge in [-0.05, 0) is 44.2 Å². The van der Waals surface area contributed by atoms with Crippen molar-refractivity contribution in [2.45, 2.75) is 26.4 Å². The molecule has 0 heterocycles. The van der Waals surface area contributed by atoms with Gasteiger partial charge in [0.05, 0.1) is 23.0 Å². The molecule has 142 valence electrons. The normalized spacial score (nSPS) is 10.9. The van der Waals surface area contributed by atoms with Gasteiger partial charge in [-0.1, -0.05) is 39.7 Å². The van der Waals surface area contributed by atoms with E-state index in [1.165, 1.54) is 6.21 Å². The van der Waals surface area contributed by atoms with Crippen LogP contribution < -0.4 is 15.5 Å². The maximum absolute atomic E-state index is 11.9. The third-order valence-corrected chi connectivity index (χ3v) is 4.02. The third kappa shape index (κ3) is 7.03. The summed E-state index contributed by atoms with van der Waals surface area (Å²) in [6, 6.07) is 12.3. The van der Waals surface area contributed by atoms with E-state index in [9.17, 15) is 9.59 Å². The first-order chi connectivity index (χ1) is 12.8. The van der Waals surface area contributed by atoms with Crippen LogP contribution in [-0.4, -0.2) is 24.1 Å². The lowest BCUT2D eigenvalue weighted by atomic mass is 10.2. The van der Waals surface area contributed by atoms with Crippen LogP contribution in [0.2, 0.25) is 5.02 Å². The van der Waals surface area contributed by atoms with E-state index in [-0.39, 0.29) is 12.5 Å². The Morgan fingerprint density at radius 3 is 2.67 bits per heavy atom. The zero-order chi connectivity index (χ0) is 19.8. The third-order valence-electron chi connectivity index (χ3n) is 3.20. The molecule has 0 aliphatic heterocycles. The monoisotopic (exact) mass is 451 g/mol. The summed E-state index contributed by atoms with van der Waals surface area (Å²) >= 11 is 9.35. The molecule has 0 aliphatic carbocycles. The van der Waals surface area contributed by atoms with Gasteiger partial charge in [0.2, 0.25) is 11.8 Å². The number of nitrogens with zero attached hydrogens (tertiary/aromatic N) is 1. The van der Waals surface area contributed by atoms with Crippen molar-refractivity contribution < 1.29 is 14.3 Å². The summed E-state index contributed by atoms with van der Waals surface area (Å²) in [4.78, 5) is 23.8. The van der Waals surface area contributed by atoms with E-state index in [1.807, 2.05) is 32.0 Å². The molecule has 2 N–H and O–H groups in total. The smallest absolute Gasteiger partial charge is 0.249 e. The van der Waals surface area contributed by atoms with E-state index >= 15 is 0 Å². The number of anilines is 1. The molecule has 2 amide bonds. The Labute approximate surface area is 171 Å². The van der Waals surface area contributed by atoms with Crippen LogP contribution in [0.5, 0.6) is 5.75 Å². The van der Waals surface area contributed by atoms with Crippen LogP contribution in [0, 0.1) is 0 Å². The molecule has 0 saturated heterocycles. The molecule has 2 aromatic carbocycles. The van der Waals surface area contributed by atoms with Crippen LogP contribution >= 0.6 is 27.5 Å². The Hall–Kier alpha value is -2.38. The molecule has 2 rings (SSSR count). The Morgan fingerprint density at radius 2 is 1.96 bits per heavy atom. The van der Waals surface area contributed by atoms with Crippen molar-refractivity contribution in [1.29, 1.82) is 0 Å². The zero-order valence-electron chi connectivity index (χ0n) is 14.8. The van der Waals surface area contributed by atoms with E-state index in [4.69, 9.17) is 16.3 Å². The summed E-state index contributed by atoms with van der Waals surface area (Å²) < 4.78 is 6.55. The Bertz CT molecular complexity index is 856. The fourth-order valence-electron chi connectivity index (χ4n) is 2.10. The van der Waals surface area contributed by atoms with Gasteiger partial charge in [-0.3, -0.25) is 9.59 Å². The van der Waals surface area contributed by atoms with Gasteiger partial charge < -0.3 is 10.1 Å². The lowest BCUT2D eigenvalue weighted by Gasteiger charge is -2.12. The molecule has 0 saturated carbocycles. The number of halogens is 2. The van der Waals surface area contributed by atoms with Gasteiger partial charge in [-0.15, -0.1) is 0 Å². The maximum Gasteiger partial charge on any atom is 0.249 e. The highest BCUT2D eigenvalue weighted by Crippen LogP contribution is 2.23. The molecule has 0 bridgehead atoms. The van der Waals surface area contributed by atoms with Crippen molar-refractivity contribution in [3.63, 3.8) is 0 Å². The first-order valence-corrected chi connectivity index (χ1v) is 9.34. The van der Waals surface area contributed by atoms with Crippen molar-refractivity contribution in [3.8, 4) is 5.75 Å². The average Bonchev–Trinajstić information content (AvgIpc) is 2.59. The number of para-hydroxylation sites is 1. The van der Waals surface area contributed by atoms with Gasteiger partial charge in [-0.2, -0.15) is 5.10 Å². The molecule has 0 fully saturated rings. The summed E-state index contributed by atoms with van der Waals surface area (Å²) in [7, 11) is 0. The van der Waals surface area contributed by atoms with E-state index in [0.29, 0.717) is 22.0 Å². The molecule has 0 unspecified atom stereocenters. The van der Waals surface area contributed by atoms with Crippen molar-refractivity contribution >= 4 is 51.2 Å². The molecule has 0 aliphatic rings. The summed E-state index contributed by atoms with van der Waals surface area (Å²) in [5, 5.41) is 6.87. The second-order valence-electron chi connectivity index (χ2n) is 5.85. The number of benzene rings is 2. The van der Waals surface area contributed by atoms with Crippen LogP contribution in [0.3, 0.4) is 0 Å². The highest BCUT2D eigenvalue weighted by Gasteiger charge is 2.11. The molecule has 6 nitrogen and oxygen atoms in total. The summed E-state index contributed by atoms with van der Waals surface area (Å²) in [6.45, 7) is 3.84. The summed E-state index contributed by atoms with van der Waals surface area (Å²) in [5.74, 6) is -0.387. The predicted molar refractivity (Wildman–Crippen MR) is 110 cm³/mol. The second-order valence-corrected chi connectivity index (χ2v) is 7.17. The van der Waals surface area contributed by atoms with Crippen LogP contribution in [-0.2, 0) is 9.59 Å². The van der Waals surface area contributed by atoms with E-state index < -0.39 is 11.8 Å². The quantitative estimate of drug-likeness (QED) is 0.372. The SMILES string of the molecule is CC(C)Oc1ccc(Br)cc1C=NNC(=O)CC(=O)Nc1ccccc1Cl. The van der Waals surface area contributed by atoms with E-state index in [0.717, 1.165) is 4.47 Å². The minimum atomic E-state index is -0.544. The number of rotatable bonds is 7. The minimum Gasteiger partial charge on any atom is -0.490 e. The first kappa shape index (κ1) is 20.9. The lowest BCUT2D eigenvalue weighted by Crippen LogP contribution is -2.24. The number of hydrogen-bond acceptors (Lipinski definition) is 4. The van der Waals surface area contributed by atoms with Crippen LogP contribution in [0.25, 0.3) is 0 Å². The molecule has 0 aromatic heterocycles. The number of carbonyl (C=O) groups is 2. The Balaban J connectivity index is 1.92. The van der Waals surface area contributed by atoms with E-state index in [1.54, 1.807) is 24.3 Å². The standard InChI is InChI=1S/C19H19BrClN3O3/c1-12(2)27-17-8-7-14(20)9-13(17)11-22-24-19(26)10-18(25)23-16-6-4-3-5-15(16)21/h3-9,11-12H,10H2,1-2H3,(H,23,25)(H,24,26).